The standard InChI is InChI=1S/C24H28N3O4S/c25-18-19-4-12-23(13-5-19)32(29,30)26-27(14-1-2-15-27)16-3-17-31-22-10-8-21(9-11-22)24(28)20-6-7-20/h4-5,8-13,20,26H,1-3,6-7,14-17H2/q+1. The Labute approximate surface area is 189 Å². The number of nitriles is 1. The predicted octanol–water partition coefficient (Wildman–Crippen LogP) is 3.42. The molecule has 2 aromatic rings. The van der Waals surface area contributed by atoms with Gasteiger partial charge in [0.1, 0.15) is 12.3 Å². The minimum Gasteiger partial charge on any atom is -0.493 e. The predicted molar refractivity (Wildman–Crippen MR) is 119 cm³/mol. The van der Waals surface area contributed by atoms with Crippen molar-refractivity contribution in [2.45, 2.75) is 37.0 Å². The lowest BCUT2D eigenvalue weighted by molar-refractivity contribution is -0.945. The molecule has 1 saturated carbocycles. The maximum atomic E-state index is 12.9. The van der Waals surface area contributed by atoms with Gasteiger partial charge in [-0.15, -0.1) is 0 Å². The summed E-state index contributed by atoms with van der Waals surface area (Å²) in [4.78, 5) is 15.2. The van der Waals surface area contributed by atoms with Crippen molar-refractivity contribution < 1.29 is 22.5 Å². The van der Waals surface area contributed by atoms with Gasteiger partial charge in [0.05, 0.1) is 36.2 Å². The van der Waals surface area contributed by atoms with Gasteiger partial charge in [-0.25, -0.2) is 13.0 Å². The number of hydrogen-bond donors (Lipinski definition) is 1. The number of ether oxygens (including phenoxy) is 1. The average Bonchev–Trinajstić information content (AvgIpc) is 3.56. The summed E-state index contributed by atoms with van der Waals surface area (Å²) < 4.78 is 32.0. The van der Waals surface area contributed by atoms with Crippen molar-refractivity contribution in [1.29, 1.82) is 5.26 Å². The highest BCUT2D eigenvalue weighted by molar-refractivity contribution is 7.89. The third-order valence-corrected chi connectivity index (χ3v) is 7.64. The first-order chi connectivity index (χ1) is 15.4. The summed E-state index contributed by atoms with van der Waals surface area (Å²) in [5.41, 5.74) is 1.16. The summed E-state index contributed by atoms with van der Waals surface area (Å²) in [6, 6.07) is 15.2. The second kappa shape index (κ2) is 9.41. The Balaban J connectivity index is 1.32. The lowest BCUT2D eigenvalue weighted by Crippen LogP contribution is -2.58. The van der Waals surface area contributed by atoms with E-state index in [1.165, 1.54) is 24.3 Å². The number of carbonyl (C=O) groups is 1. The summed E-state index contributed by atoms with van der Waals surface area (Å²) in [7, 11) is -3.69. The van der Waals surface area contributed by atoms with E-state index in [4.69, 9.17) is 10.00 Å². The maximum Gasteiger partial charge on any atom is 0.282 e. The van der Waals surface area contributed by atoms with Crippen LogP contribution >= 0.6 is 0 Å². The highest BCUT2D eigenvalue weighted by atomic mass is 32.2. The van der Waals surface area contributed by atoms with Crippen LogP contribution in [0.3, 0.4) is 0 Å². The van der Waals surface area contributed by atoms with Crippen molar-refractivity contribution in [2.75, 3.05) is 26.2 Å². The van der Waals surface area contributed by atoms with E-state index in [0.29, 0.717) is 35.5 Å². The van der Waals surface area contributed by atoms with Crippen LogP contribution in [0.5, 0.6) is 5.75 Å². The van der Waals surface area contributed by atoms with Gasteiger partial charge in [0.25, 0.3) is 10.0 Å². The van der Waals surface area contributed by atoms with Crippen molar-refractivity contribution >= 4 is 15.8 Å². The molecule has 0 unspecified atom stereocenters. The highest BCUT2D eigenvalue weighted by Gasteiger charge is 2.37. The normalized spacial score (nSPS) is 17.6. The molecule has 0 spiro atoms. The van der Waals surface area contributed by atoms with Crippen LogP contribution in [0.25, 0.3) is 0 Å². The van der Waals surface area contributed by atoms with Crippen molar-refractivity contribution in [2.24, 2.45) is 5.92 Å². The van der Waals surface area contributed by atoms with Crippen LogP contribution in [0.4, 0.5) is 0 Å². The Kier molecular flexibility index (Phi) is 6.60. The summed E-state index contributed by atoms with van der Waals surface area (Å²) in [5, 5.41) is 8.92. The van der Waals surface area contributed by atoms with Crippen LogP contribution in [0.1, 0.15) is 48.0 Å². The van der Waals surface area contributed by atoms with Gasteiger partial charge in [-0.3, -0.25) is 4.79 Å². The molecule has 32 heavy (non-hydrogen) atoms. The number of likely N-dealkylation sites (tertiary alicyclic amines) is 1. The second-order valence-electron chi connectivity index (χ2n) is 8.62. The van der Waals surface area contributed by atoms with Crippen LogP contribution in [-0.4, -0.2) is 45.0 Å². The zero-order valence-electron chi connectivity index (χ0n) is 18.0. The molecule has 0 atom stereocenters. The van der Waals surface area contributed by atoms with Gasteiger partial charge in [0.2, 0.25) is 0 Å². The van der Waals surface area contributed by atoms with E-state index in [2.05, 4.69) is 4.83 Å². The van der Waals surface area contributed by atoms with E-state index in [9.17, 15) is 13.2 Å². The monoisotopic (exact) mass is 454 g/mol. The lowest BCUT2D eigenvalue weighted by Gasteiger charge is -2.33. The molecule has 1 N–H and O–H groups in total. The molecule has 0 aromatic heterocycles. The van der Waals surface area contributed by atoms with Gasteiger partial charge >= 0.3 is 0 Å². The summed E-state index contributed by atoms with van der Waals surface area (Å²) in [6.07, 6.45) is 4.61. The molecule has 1 aliphatic carbocycles. The molecule has 1 heterocycles. The fourth-order valence-corrected chi connectivity index (χ4v) is 5.55. The molecule has 0 radical (unpaired) electrons. The number of sulfonamides is 1. The number of hydrogen-bond acceptors (Lipinski definition) is 5. The summed E-state index contributed by atoms with van der Waals surface area (Å²) >= 11 is 0. The third kappa shape index (κ3) is 5.36. The van der Waals surface area contributed by atoms with E-state index in [1.807, 2.05) is 30.3 Å². The largest absolute Gasteiger partial charge is 0.493 e. The number of nitrogens with one attached hydrogen (secondary N) is 1. The van der Waals surface area contributed by atoms with E-state index >= 15 is 0 Å². The van der Waals surface area contributed by atoms with Crippen molar-refractivity contribution in [3.63, 3.8) is 0 Å². The molecule has 168 valence electrons. The minimum atomic E-state index is -3.69. The van der Waals surface area contributed by atoms with E-state index in [0.717, 1.165) is 44.3 Å². The number of carbonyl (C=O) groups excluding carboxylic acids is 1. The van der Waals surface area contributed by atoms with E-state index in [-0.39, 0.29) is 16.6 Å². The Morgan fingerprint density at radius 3 is 2.31 bits per heavy atom. The Morgan fingerprint density at radius 1 is 1.06 bits per heavy atom. The highest BCUT2D eigenvalue weighted by Crippen LogP contribution is 2.33. The van der Waals surface area contributed by atoms with Gasteiger partial charge in [0.15, 0.2) is 5.78 Å². The van der Waals surface area contributed by atoms with Crippen LogP contribution in [0, 0.1) is 17.2 Å². The molecule has 1 saturated heterocycles. The molecule has 0 amide bonds. The van der Waals surface area contributed by atoms with Crippen molar-refractivity contribution in [3.05, 3.63) is 59.7 Å². The summed E-state index contributed by atoms with van der Waals surface area (Å²) in [5.74, 6) is 1.13. The first kappa shape index (κ1) is 22.5. The number of rotatable bonds is 10. The molecule has 2 fully saturated rings. The van der Waals surface area contributed by atoms with Gasteiger partial charge in [-0.05, 0) is 61.4 Å². The molecule has 2 aliphatic rings. The van der Waals surface area contributed by atoms with Crippen LogP contribution in [0.2, 0.25) is 0 Å². The molecule has 4 rings (SSSR count). The van der Waals surface area contributed by atoms with Crippen LogP contribution in [-0.2, 0) is 10.0 Å². The number of nitrogens with zero attached hydrogens (tertiary/aromatic N) is 2. The zero-order chi connectivity index (χ0) is 22.6. The Hall–Kier alpha value is -2.73. The number of Topliss-reactive ketones (excluding diaryl/α,β-unsaturated/α-hetero) is 1. The Morgan fingerprint density at radius 2 is 1.72 bits per heavy atom. The average molecular weight is 455 g/mol. The van der Waals surface area contributed by atoms with E-state index in [1.54, 1.807) is 0 Å². The summed E-state index contributed by atoms with van der Waals surface area (Å²) in [6.45, 7) is 2.59. The van der Waals surface area contributed by atoms with Gasteiger partial charge in [-0.1, -0.05) is 4.83 Å². The molecular weight excluding hydrogens is 426 g/mol. The second-order valence-corrected chi connectivity index (χ2v) is 10.3. The fourth-order valence-electron chi connectivity index (χ4n) is 4.17. The maximum absolute atomic E-state index is 12.9. The smallest absolute Gasteiger partial charge is 0.282 e. The van der Waals surface area contributed by atoms with E-state index < -0.39 is 10.0 Å². The fraction of sp³-hybridized carbons (Fsp3) is 0.417. The Bertz CT molecular complexity index is 1100. The van der Waals surface area contributed by atoms with Crippen LogP contribution < -0.4 is 9.57 Å². The van der Waals surface area contributed by atoms with Crippen molar-refractivity contribution in [3.8, 4) is 11.8 Å². The SMILES string of the molecule is N#Cc1ccc(S(=O)(=O)N[N+]2(CCCOc3ccc(C(=O)C4CC4)cc3)CCCC2)cc1. The molecule has 7 nitrogen and oxygen atoms in total. The quantitative estimate of drug-likeness (QED) is 0.337. The first-order valence-corrected chi connectivity index (χ1v) is 12.6. The lowest BCUT2D eigenvalue weighted by atomic mass is 10.1. The molecule has 8 heteroatoms. The third-order valence-electron chi connectivity index (χ3n) is 6.12. The van der Waals surface area contributed by atoms with Gasteiger partial charge in [0, 0.05) is 30.7 Å². The molecule has 0 bridgehead atoms. The van der Waals surface area contributed by atoms with Crippen molar-refractivity contribution in [1.82, 2.24) is 4.83 Å². The van der Waals surface area contributed by atoms with Crippen LogP contribution in [0.15, 0.2) is 53.4 Å². The molecule has 1 aliphatic heterocycles. The van der Waals surface area contributed by atoms with Gasteiger partial charge < -0.3 is 4.74 Å². The number of ketones is 1. The topological polar surface area (TPSA) is 96.3 Å². The zero-order valence-corrected chi connectivity index (χ0v) is 18.8. The number of benzene rings is 2. The molecule has 2 aromatic carbocycles. The van der Waals surface area contributed by atoms with Gasteiger partial charge in [-0.2, -0.15) is 5.26 Å². The molecular formula is C24H28N3O4S+. The first-order valence-electron chi connectivity index (χ1n) is 11.1. The minimum absolute atomic E-state index is 0.165. The number of quaternary nitrogens is 1.